The number of nitrogens with one attached hydrogen (secondary N) is 1. The highest BCUT2D eigenvalue weighted by atomic mass is 32.2. The number of benzene rings is 3. The molecule has 3 aromatic carbocycles. The van der Waals surface area contributed by atoms with Gasteiger partial charge in [-0.25, -0.2) is 13.1 Å². The maximum atomic E-state index is 13.0. The number of sulfonamides is 1. The molecule has 28 heavy (non-hydrogen) atoms. The van der Waals surface area contributed by atoms with Crippen LogP contribution in [0.3, 0.4) is 0 Å². The standard InChI is InChI=1S/C23H25NO3S/c1-18-12-14-21(15-13-18)28(26,27)24-22(16-17-25)23(19-8-4-2-5-9-19)20-10-6-3-7-11-20/h2-15,22-25H,16-17H2,1H3/t22-/m0/s1. The molecule has 5 heteroatoms. The van der Waals surface area contributed by atoms with Crippen LogP contribution in [0, 0.1) is 6.92 Å². The summed E-state index contributed by atoms with van der Waals surface area (Å²) in [5.74, 6) is -0.213. The van der Waals surface area contributed by atoms with Gasteiger partial charge in [-0.05, 0) is 36.6 Å². The molecule has 2 N–H and O–H groups in total. The molecular weight excluding hydrogens is 370 g/mol. The fourth-order valence-corrected chi connectivity index (χ4v) is 4.68. The summed E-state index contributed by atoms with van der Waals surface area (Å²) in [5, 5.41) is 9.65. The first kappa shape index (κ1) is 20.3. The van der Waals surface area contributed by atoms with Crippen molar-refractivity contribution < 1.29 is 13.5 Å². The Morgan fingerprint density at radius 3 is 1.79 bits per heavy atom. The largest absolute Gasteiger partial charge is 0.396 e. The van der Waals surface area contributed by atoms with Crippen molar-refractivity contribution in [2.45, 2.75) is 30.2 Å². The van der Waals surface area contributed by atoms with Gasteiger partial charge in [-0.2, -0.15) is 0 Å². The zero-order valence-corrected chi connectivity index (χ0v) is 16.6. The SMILES string of the molecule is Cc1ccc(S(=O)(=O)N[C@@H](CCO)C(c2ccccc2)c2ccccc2)cc1. The summed E-state index contributed by atoms with van der Waals surface area (Å²) in [7, 11) is -3.72. The van der Waals surface area contributed by atoms with Crippen LogP contribution in [0.15, 0.2) is 89.8 Å². The second kappa shape index (κ2) is 9.15. The van der Waals surface area contributed by atoms with Crippen molar-refractivity contribution in [2.24, 2.45) is 0 Å². The summed E-state index contributed by atoms with van der Waals surface area (Å²) in [6.07, 6.45) is 0.305. The lowest BCUT2D eigenvalue weighted by Crippen LogP contribution is -2.40. The van der Waals surface area contributed by atoms with Gasteiger partial charge in [0.25, 0.3) is 0 Å². The minimum atomic E-state index is -3.72. The molecule has 0 aliphatic heterocycles. The fraction of sp³-hybridized carbons (Fsp3) is 0.217. The van der Waals surface area contributed by atoms with Crippen molar-refractivity contribution >= 4 is 10.0 Å². The average Bonchev–Trinajstić information content (AvgIpc) is 2.70. The molecule has 0 saturated heterocycles. The van der Waals surface area contributed by atoms with E-state index in [1.807, 2.05) is 67.6 Å². The third-order valence-electron chi connectivity index (χ3n) is 4.80. The van der Waals surface area contributed by atoms with E-state index in [0.717, 1.165) is 16.7 Å². The van der Waals surface area contributed by atoms with Gasteiger partial charge in [0, 0.05) is 18.6 Å². The van der Waals surface area contributed by atoms with Crippen molar-refractivity contribution in [1.82, 2.24) is 4.72 Å². The Hall–Kier alpha value is -2.47. The smallest absolute Gasteiger partial charge is 0.240 e. The van der Waals surface area contributed by atoms with Gasteiger partial charge in [0.2, 0.25) is 10.0 Å². The number of hydrogen-bond acceptors (Lipinski definition) is 3. The van der Waals surface area contributed by atoms with E-state index in [-0.39, 0.29) is 17.4 Å². The molecule has 0 radical (unpaired) electrons. The van der Waals surface area contributed by atoms with E-state index in [1.165, 1.54) is 0 Å². The van der Waals surface area contributed by atoms with Gasteiger partial charge < -0.3 is 5.11 Å². The minimum absolute atomic E-state index is 0.114. The molecule has 0 heterocycles. The van der Waals surface area contributed by atoms with Gasteiger partial charge in [-0.15, -0.1) is 0 Å². The molecule has 146 valence electrons. The first-order chi connectivity index (χ1) is 13.5. The molecule has 0 amide bonds. The second-order valence-electron chi connectivity index (χ2n) is 6.85. The van der Waals surface area contributed by atoms with Crippen LogP contribution in [0.2, 0.25) is 0 Å². The molecule has 0 saturated carbocycles. The molecule has 3 rings (SSSR count). The van der Waals surface area contributed by atoms with E-state index in [0.29, 0.717) is 6.42 Å². The van der Waals surface area contributed by atoms with Crippen LogP contribution in [-0.2, 0) is 10.0 Å². The summed E-state index contributed by atoms with van der Waals surface area (Å²) in [6, 6.07) is 25.9. The van der Waals surface area contributed by atoms with Crippen LogP contribution < -0.4 is 4.72 Å². The number of rotatable bonds is 8. The van der Waals surface area contributed by atoms with Crippen LogP contribution in [0.25, 0.3) is 0 Å². The maximum Gasteiger partial charge on any atom is 0.240 e. The lowest BCUT2D eigenvalue weighted by atomic mass is 9.84. The lowest BCUT2D eigenvalue weighted by molar-refractivity contribution is 0.266. The van der Waals surface area contributed by atoms with Gasteiger partial charge >= 0.3 is 0 Å². The van der Waals surface area contributed by atoms with E-state index in [2.05, 4.69) is 4.72 Å². The van der Waals surface area contributed by atoms with E-state index >= 15 is 0 Å². The predicted molar refractivity (Wildman–Crippen MR) is 112 cm³/mol. The number of aliphatic hydroxyl groups is 1. The third kappa shape index (κ3) is 4.87. The highest BCUT2D eigenvalue weighted by molar-refractivity contribution is 7.89. The Balaban J connectivity index is 2.00. The van der Waals surface area contributed by atoms with E-state index in [4.69, 9.17) is 0 Å². The van der Waals surface area contributed by atoms with E-state index < -0.39 is 16.1 Å². The van der Waals surface area contributed by atoms with Crippen molar-refractivity contribution in [3.05, 3.63) is 102 Å². The van der Waals surface area contributed by atoms with Crippen LogP contribution in [-0.4, -0.2) is 26.2 Å². The highest BCUT2D eigenvalue weighted by Crippen LogP contribution is 2.30. The molecule has 4 nitrogen and oxygen atoms in total. The summed E-state index contributed by atoms with van der Waals surface area (Å²) in [4.78, 5) is 0.223. The average molecular weight is 396 g/mol. The third-order valence-corrected chi connectivity index (χ3v) is 6.30. The molecule has 0 bridgehead atoms. The van der Waals surface area contributed by atoms with Gasteiger partial charge in [0.15, 0.2) is 0 Å². The molecule has 0 spiro atoms. The van der Waals surface area contributed by atoms with Crippen LogP contribution in [0.1, 0.15) is 29.0 Å². The molecule has 0 unspecified atom stereocenters. The second-order valence-corrected chi connectivity index (χ2v) is 8.57. The van der Waals surface area contributed by atoms with Crippen molar-refractivity contribution in [3.8, 4) is 0 Å². The molecular formula is C23H25NO3S. The monoisotopic (exact) mass is 395 g/mol. The quantitative estimate of drug-likeness (QED) is 0.609. The summed E-state index contributed by atoms with van der Waals surface area (Å²) in [6.45, 7) is 1.80. The molecule has 0 fully saturated rings. The van der Waals surface area contributed by atoms with Crippen molar-refractivity contribution in [3.63, 3.8) is 0 Å². The Kier molecular flexibility index (Phi) is 6.62. The van der Waals surface area contributed by atoms with Crippen molar-refractivity contribution in [2.75, 3.05) is 6.61 Å². The van der Waals surface area contributed by atoms with Gasteiger partial charge in [0.05, 0.1) is 4.90 Å². The molecule has 0 aromatic heterocycles. The van der Waals surface area contributed by atoms with Crippen molar-refractivity contribution in [1.29, 1.82) is 0 Å². The minimum Gasteiger partial charge on any atom is -0.396 e. The van der Waals surface area contributed by atoms with Crippen LogP contribution in [0.5, 0.6) is 0 Å². The van der Waals surface area contributed by atoms with Gasteiger partial charge in [0.1, 0.15) is 0 Å². The Morgan fingerprint density at radius 1 is 0.821 bits per heavy atom. The molecule has 3 aromatic rings. The summed E-state index contributed by atoms with van der Waals surface area (Å²) < 4.78 is 28.8. The zero-order valence-electron chi connectivity index (χ0n) is 15.8. The number of aliphatic hydroxyl groups excluding tert-OH is 1. The lowest BCUT2D eigenvalue weighted by Gasteiger charge is -2.28. The van der Waals surface area contributed by atoms with Gasteiger partial charge in [-0.3, -0.25) is 0 Å². The first-order valence-corrected chi connectivity index (χ1v) is 10.8. The fourth-order valence-electron chi connectivity index (χ4n) is 3.40. The summed E-state index contributed by atoms with van der Waals surface area (Å²) in [5.41, 5.74) is 3.00. The Labute approximate surface area is 166 Å². The topological polar surface area (TPSA) is 66.4 Å². The van der Waals surface area contributed by atoms with Gasteiger partial charge in [-0.1, -0.05) is 78.4 Å². The van der Waals surface area contributed by atoms with Crippen LogP contribution >= 0.6 is 0 Å². The highest BCUT2D eigenvalue weighted by Gasteiger charge is 2.29. The number of hydrogen-bond donors (Lipinski definition) is 2. The normalized spacial score (nSPS) is 12.8. The zero-order chi connectivity index (χ0) is 20.0. The molecule has 0 aliphatic rings. The first-order valence-electron chi connectivity index (χ1n) is 9.31. The maximum absolute atomic E-state index is 13.0. The summed E-state index contributed by atoms with van der Waals surface area (Å²) >= 11 is 0. The van der Waals surface area contributed by atoms with E-state index in [9.17, 15) is 13.5 Å². The van der Waals surface area contributed by atoms with E-state index in [1.54, 1.807) is 24.3 Å². The Bertz CT molecular complexity index is 932. The molecule has 0 aliphatic carbocycles. The Morgan fingerprint density at radius 2 is 1.32 bits per heavy atom. The molecule has 1 atom stereocenters. The van der Waals surface area contributed by atoms with Crippen LogP contribution in [0.4, 0.5) is 0 Å². The number of aryl methyl sites for hydroxylation is 1. The predicted octanol–water partition coefficient (Wildman–Crippen LogP) is 3.86.